The van der Waals surface area contributed by atoms with Crippen molar-refractivity contribution in [2.75, 3.05) is 18.4 Å². The molecule has 164 valence electrons. The average Bonchev–Trinajstić information content (AvgIpc) is 3.49. The Balaban J connectivity index is 1.50. The third-order valence-corrected chi connectivity index (χ3v) is 8.14. The van der Waals surface area contributed by atoms with Gasteiger partial charge in [0.1, 0.15) is 15.6 Å². The van der Waals surface area contributed by atoms with E-state index in [-0.39, 0.29) is 10.6 Å². The lowest BCUT2D eigenvalue weighted by atomic mass is 10.0. The van der Waals surface area contributed by atoms with Crippen LogP contribution in [0.2, 0.25) is 0 Å². The Bertz CT molecular complexity index is 1190. The van der Waals surface area contributed by atoms with Crippen molar-refractivity contribution in [3.63, 3.8) is 0 Å². The molecule has 4 rings (SSSR count). The van der Waals surface area contributed by atoms with Crippen molar-refractivity contribution in [2.45, 2.75) is 37.5 Å². The summed E-state index contributed by atoms with van der Waals surface area (Å²) in [5.41, 5.74) is 2.42. The number of aromatic nitrogens is 3. The molecule has 1 aliphatic heterocycles. The second kappa shape index (κ2) is 8.52. The highest BCUT2D eigenvalue weighted by molar-refractivity contribution is 7.89. The molecule has 0 radical (unpaired) electrons. The number of amides is 1. The number of anilines is 1. The highest BCUT2D eigenvalue weighted by atomic mass is 32.2. The third-order valence-electron chi connectivity index (χ3n) is 5.39. The first-order chi connectivity index (χ1) is 14.8. The molecule has 10 heteroatoms. The van der Waals surface area contributed by atoms with Gasteiger partial charge in [-0.2, -0.15) is 4.31 Å². The van der Waals surface area contributed by atoms with E-state index < -0.39 is 15.9 Å². The number of rotatable bonds is 6. The second-order valence-corrected chi connectivity index (χ2v) is 10.8. The maximum absolute atomic E-state index is 12.8. The summed E-state index contributed by atoms with van der Waals surface area (Å²) in [6.07, 6.45) is 3.20. The maximum atomic E-state index is 12.8. The number of nitrogens with zero attached hydrogens (tertiary/aromatic N) is 4. The summed E-state index contributed by atoms with van der Waals surface area (Å²) >= 11 is 1.27. The SMILES string of the molecule is CC(C)c1ccc(-c2nnc(NC(=O)c3cc(S(=O)(=O)N4CCCC4)cn3C)s2)cc1. The van der Waals surface area contributed by atoms with E-state index in [0.29, 0.717) is 29.1 Å². The Morgan fingerprint density at radius 1 is 1.13 bits per heavy atom. The largest absolute Gasteiger partial charge is 0.345 e. The van der Waals surface area contributed by atoms with E-state index in [1.807, 2.05) is 12.1 Å². The zero-order valence-electron chi connectivity index (χ0n) is 17.7. The average molecular weight is 460 g/mol. The minimum Gasteiger partial charge on any atom is -0.345 e. The van der Waals surface area contributed by atoms with E-state index >= 15 is 0 Å². The van der Waals surface area contributed by atoms with Crippen molar-refractivity contribution in [1.29, 1.82) is 0 Å². The van der Waals surface area contributed by atoms with Gasteiger partial charge in [0, 0.05) is 31.9 Å². The van der Waals surface area contributed by atoms with Crippen LogP contribution < -0.4 is 5.32 Å². The number of carbonyl (C=O) groups excluding carboxylic acids is 1. The quantitative estimate of drug-likeness (QED) is 0.606. The molecule has 8 nitrogen and oxygen atoms in total. The van der Waals surface area contributed by atoms with Crippen LogP contribution in [0.1, 0.15) is 48.7 Å². The fourth-order valence-electron chi connectivity index (χ4n) is 3.54. The number of hydrogen-bond acceptors (Lipinski definition) is 6. The number of sulfonamides is 1. The van der Waals surface area contributed by atoms with Crippen LogP contribution in [0.4, 0.5) is 5.13 Å². The van der Waals surface area contributed by atoms with Crippen LogP contribution in [0.3, 0.4) is 0 Å². The molecule has 0 aliphatic carbocycles. The highest BCUT2D eigenvalue weighted by Gasteiger charge is 2.29. The Hall–Kier alpha value is -2.56. The van der Waals surface area contributed by atoms with Gasteiger partial charge in [-0.3, -0.25) is 10.1 Å². The first-order valence-electron chi connectivity index (χ1n) is 10.2. The highest BCUT2D eigenvalue weighted by Crippen LogP contribution is 2.28. The lowest BCUT2D eigenvalue weighted by Gasteiger charge is -2.13. The minimum absolute atomic E-state index is 0.130. The summed E-state index contributed by atoms with van der Waals surface area (Å²) < 4.78 is 28.5. The van der Waals surface area contributed by atoms with E-state index in [4.69, 9.17) is 0 Å². The summed E-state index contributed by atoms with van der Waals surface area (Å²) in [5, 5.41) is 12.0. The molecule has 1 fully saturated rings. The van der Waals surface area contributed by atoms with Gasteiger partial charge < -0.3 is 4.57 Å². The molecule has 0 atom stereocenters. The number of carbonyl (C=O) groups is 1. The summed E-state index contributed by atoms with van der Waals surface area (Å²) in [6, 6.07) is 9.52. The predicted molar refractivity (Wildman–Crippen MR) is 121 cm³/mol. The van der Waals surface area contributed by atoms with Crippen LogP contribution in [0.5, 0.6) is 0 Å². The maximum Gasteiger partial charge on any atom is 0.274 e. The van der Waals surface area contributed by atoms with Crippen molar-refractivity contribution < 1.29 is 13.2 Å². The Morgan fingerprint density at radius 2 is 1.81 bits per heavy atom. The molecule has 2 aromatic heterocycles. The lowest BCUT2D eigenvalue weighted by molar-refractivity contribution is 0.101. The smallest absolute Gasteiger partial charge is 0.274 e. The van der Waals surface area contributed by atoms with Crippen molar-refractivity contribution >= 4 is 32.4 Å². The van der Waals surface area contributed by atoms with Crippen LogP contribution in [0.15, 0.2) is 41.4 Å². The van der Waals surface area contributed by atoms with Gasteiger partial charge in [0.05, 0.1) is 0 Å². The molecule has 1 aromatic carbocycles. The minimum atomic E-state index is -3.58. The zero-order valence-corrected chi connectivity index (χ0v) is 19.3. The molecule has 0 unspecified atom stereocenters. The van der Waals surface area contributed by atoms with E-state index in [9.17, 15) is 13.2 Å². The van der Waals surface area contributed by atoms with E-state index in [0.717, 1.165) is 18.4 Å². The standard InChI is InChI=1S/C21H25N5O3S2/c1-14(2)15-6-8-16(9-7-15)20-23-24-21(30-20)22-19(27)18-12-17(13-25(18)3)31(28,29)26-10-4-5-11-26/h6-9,12-14H,4-5,10-11H2,1-3H3,(H,22,24,27). The van der Waals surface area contributed by atoms with Crippen LogP contribution in [-0.4, -0.2) is 46.5 Å². The molecule has 1 aliphatic rings. The zero-order chi connectivity index (χ0) is 22.2. The molecular formula is C21H25N5O3S2. The summed E-state index contributed by atoms with van der Waals surface area (Å²) in [5.74, 6) is 0.0195. The Kier molecular flexibility index (Phi) is 5.96. The van der Waals surface area contributed by atoms with Gasteiger partial charge >= 0.3 is 0 Å². The molecule has 0 saturated carbocycles. The summed E-state index contributed by atoms with van der Waals surface area (Å²) in [4.78, 5) is 12.9. The van der Waals surface area contributed by atoms with Crippen molar-refractivity contribution in [3.8, 4) is 10.6 Å². The van der Waals surface area contributed by atoms with Gasteiger partial charge in [0.25, 0.3) is 5.91 Å². The summed E-state index contributed by atoms with van der Waals surface area (Å²) in [7, 11) is -1.93. The topological polar surface area (TPSA) is 97.2 Å². The van der Waals surface area contributed by atoms with Gasteiger partial charge in [-0.1, -0.05) is 49.4 Å². The van der Waals surface area contributed by atoms with Crippen LogP contribution >= 0.6 is 11.3 Å². The lowest BCUT2D eigenvalue weighted by Crippen LogP contribution is -2.27. The molecule has 1 amide bonds. The first-order valence-corrected chi connectivity index (χ1v) is 12.4. The van der Waals surface area contributed by atoms with Crippen LogP contribution in [-0.2, 0) is 17.1 Å². The van der Waals surface area contributed by atoms with Gasteiger partial charge in [-0.15, -0.1) is 10.2 Å². The number of nitrogens with one attached hydrogen (secondary N) is 1. The van der Waals surface area contributed by atoms with Crippen molar-refractivity contribution in [1.82, 2.24) is 19.1 Å². The van der Waals surface area contributed by atoms with Crippen molar-refractivity contribution in [2.24, 2.45) is 7.05 Å². The van der Waals surface area contributed by atoms with Gasteiger partial charge in [-0.25, -0.2) is 8.42 Å². The molecule has 1 saturated heterocycles. The van der Waals surface area contributed by atoms with Gasteiger partial charge in [-0.05, 0) is 30.4 Å². The first kappa shape index (κ1) is 21.7. The molecule has 3 aromatic rings. The molecule has 31 heavy (non-hydrogen) atoms. The van der Waals surface area contributed by atoms with Gasteiger partial charge in [0.15, 0.2) is 0 Å². The Labute approximate surface area is 186 Å². The second-order valence-electron chi connectivity index (χ2n) is 7.93. The molecule has 1 N–H and O–H groups in total. The summed E-state index contributed by atoms with van der Waals surface area (Å²) in [6.45, 7) is 5.31. The van der Waals surface area contributed by atoms with Crippen LogP contribution in [0, 0.1) is 0 Å². The third kappa shape index (κ3) is 4.41. The number of benzene rings is 1. The monoisotopic (exact) mass is 459 g/mol. The molecule has 3 heterocycles. The molecule has 0 bridgehead atoms. The predicted octanol–water partition coefficient (Wildman–Crippen LogP) is 3.70. The van der Waals surface area contributed by atoms with E-state index in [2.05, 4.69) is 41.5 Å². The normalized spacial score (nSPS) is 15.0. The number of aryl methyl sites for hydroxylation is 1. The fourth-order valence-corrected chi connectivity index (χ4v) is 5.87. The molecular weight excluding hydrogens is 434 g/mol. The Morgan fingerprint density at radius 3 is 2.45 bits per heavy atom. The van der Waals surface area contributed by atoms with Crippen molar-refractivity contribution in [3.05, 3.63) is 47.8 Å². The van der Waals surface area contributed by atoms with Gasteiger partial charge in [0.2, 0.25) is 15.2 Å². The fraction of sp³-hybridized carbons (Fsp3) is 0.381. The molecule has 0 spiro atoms. The van der Waals surface area contributed by atoms with E-state index in [1.165, 1.54) is 38.0 Å². The number of hydrogen-bond donors (Lipinski definition) is 1. The van der Waals surface area contributed by atoms with Crippen LogP contribution in [0.25, 0.3) is 10.6 Å². The van der Waals surface area contributed by atoms with E-state index in [1.54, 1.807) is 7.05 Å².